The average Bonchev–Trinajstić information content (AvgIpc) is 2.05. The van der Waals surface area contributed by atoms with Crippen LogP contribution in [0.3, 0.4) is 0 Å². The van der Waals surface area contributed by atoms with Crippen LogP contribution in [0.4, 0.5) is 5.69 Å². The van der Waals surface area contributed by atoms with E-state index in [2.05, 4.69) is 21.5 Å². The minimum atomic E-state index is -1.20. The summed E-state index contributed by atoms with van der Waals surface area (Å²) in [6.45, 7) is 0.434. The van der Waals surface area contributed by atoms with E-state index >= 15 is 0 Å². The van der Waals surface area contributed by atoms with Gasteiger partial charge in [-0.15, -0.1) is 4.53 Å². The Morgan fingerprint density at radius 1 is 1.64 bits per heavy atom. The van der Waals surface area contributed by atoms with Gasteiger partial charge >= 0.3 is 0 Å². The SMILES string of the molecule is N[N+]1([O-])NN(Cl)Cc2ccc(Br)cc21. The van der Waals surface area contributed by atoms with E-state index < -0.39 is 4.86 Å². The average molecular weight is 280 g/mol. The Morgan fingerprint density at radius 2 is 2.36 bits per heavy atom. The molecule has 5 nitrogen and oxygen atoms in total. The summed E-state index contributed by atoms with van der Waals surface area (Å²) in [5, 5.41) is 11.8. The molecule has 14 heavy (non-hydrogen) atoms. The molecule has 0 radical (unpaired) electrons. The van der Waals surface area contributed by atoms with Crippen molar-refractivity contribution >= 4 is 33.4 Å². The van der Waals surface area contributed by atoms with E-state index in [1.807, 2.05) is 12.1 Å². The molecule has 1 aliphatic heterocycles. The van der Waals surface area contributed by atoms with Gasteiger partial charge in [-0.2, -0.15) is 10.7 Å². The van der Waals surface area contributed by atoms with E-state index in [1.54, 1.807) is 6.07 Å². The highest BCUT2D eigenvalue weighted by molar-refractivity contribution is 9.10. The number of nitrogens with two attached hydrogens (primary N) is 1. The van der Waals surface area contributed by atoms with Crippen LogP contribution >= 0.6 is 27.7 Å². The van der Waals surface area contributed by atoms with E-state index in [-0.39, 0.29) is 0 Å². The second-order valence-corrected chi connectivity index (χ2v) is 4.38. The molecule has 1 heterocycles. The molecule has 0 saturated heterocycles. The fraction of sp³-hybridized carbons (Fsp3) is 0.143. The highest BCUT2D eigenvalue weighted by atomic mass is 79.9. The highest BCUT2D eigenvalue weighted by Gasteiger charge is 2.29. The van der Waals surface area contributed by atoms with E-state index in [4.69, 9.17) is 17.6 Å². The zero-order valence-corrected chi connectivity index (χ0v) is 9.42. The third-order valence-corrected chi connectivity index (χ3v) is 2.66. The van der Waals surface area contributed by atoms with Gasteiger partial charge < -0.3 is 5.21 Å². The van der Waals surface area contributed by atoms with Gasteiger partial charge in [0.05, 0.1) is 6.54 Å². The van der Waals surface area contributed by atoms with Crippen LogP contribution in [-0.4, -0.2) is 4.53 Å². The van der Waals surface area contributed by atoms with Crippen molar-refractivity contribution in [2.45, 2.75) is 6.54 Å². The first-order valence-corrected chi connectivity index (χ1v) is 5.01. The highest BCUT2D eigenvalue weighted by Crippen LogP contribution is 2.30. The number of nitrogens with zero attached hydrogens (tertiary/aromatic N) is 2. The topological polar surface area (TPSA) is 64.3 Å². The largest absolute Gasteiger partial charge is 0.585 e. The molecule has 1 aromatic carbocycles. The second-order valence-electron chi connectivity index (χ2n) is 3.05. The molecule has 2 rings (SSSR count). The minimum Gasteiger partial charge on any atom is -0.585 e. The normalized spacial score (nSPS) is 27.4. The fourth-order valence-electron chi connectivity index (χ4n) is 1.38. The molecular formula is C7H8BrClN4O. The van der Waals surface area contributed by atoms with E-state index in [0.29, 0.717) is 12.2 Å². The predicted octanol–water partition coefficient (Wildman–Crippen LogP) is 1.52. The van der Waals surface area contributed by atoms with Crippen molar-refractivity contribution in [1.82, 2.24) is 14.9 Å². The predicted molar refractivity (Wildman–Crippen MR) is 58.0 cm³/mol. The molecule has 7 heteroatoms. The molecule has 3 N–H and O–H groups in total. The van der Waals surface area contributed by atoms with Gasteiger partial charge in [0.1, 0.15) is 0 Å². The Bertz CT molecular complexity index is 373. The molecule has 1 atom stereocenters. The summed E-state index contributed by atoms with van der Waals surface area (Å²) in [6, 6.07) is 5.33. The Kier molecular flexibility index (Phi) is 2.52. The molecule has 0 amide bonds. The summed E-state index contributed by atoms with van der Waals surface area (Å²) >= 11 is 8.96. The van der Waals surface area contributed by atoms with E-state index in [0.717, 1.165) is 14.6 Å². The Labute approximate surface area is 94.4 Å². The lowest BCUT2D eigenvalue weighted by molar-refractivity contribution is 0.115. The van der Waals surface area contributed by atoms with Crippen LogP contribution in [0.2, 0.25) is 0 Å². The first-order chi connectivity index (χ1) is 6.49. The summed E-state index contributed by atoms with van der Waals surface area (Å²) in [5.74, 6) is 5.47. The summed E-state index contributed by atoms with van der Waals surface area (Å²) in [7, 11) is 0. The van der Waals surface area contributed by atoms with Gasteiger partial charge in [-0.25, -0.2) is 0 Å². The fourth-order valence-corrected chi connectivity index (χ4v) is 1.97. The molecule has 0 saturated carbocycles. The summed E-state index contributed by atoms with van der Waals surface area (Å²) in [4.78, 5) is -1.20. The first-order valence-electron chi connectivity index (χ1n) is 3.88. The zero-order valence-electron chi connectivity index (χ0n) is 7.08. The van der Waals surface area contributed by atoms with Crippen molar-refractivity contribution in [3.8, 4) is 0 Å². The van der Waals surface area contributed by atoms with Crippen molar-refractivity contribution in [1.29, 1.82) is 0 Å². The maximum absolute atomic E-state index is 11.8. The van der Waals surface area contributed by atoms with Crippen LogP contribution in [0.5, 0.6) is 0 Å². The van der Waals surface area contributed by atoms with Crippen LogP contribution in [0, 0.1) is 5.21 Å². The summed E-state index contributed by atoms with van der Waals surface area (Å²) < 4.78 is 1.95. The Hall–Kier alpha value is -0.210. The maximum Gasteiger partial charge on any atom is 0.179 e. The van der Waals surface area contributed by atoms with Crippen molar-refractivity contribution in [2.75, 3.05) is 0 Å². The Morgan fingerprint density at radius 3 is 3.07 bits per heavy atom. The smallest absolute Gasteiger partial charge is 0.179 e. The molecule has 0 aromatic heterocycles. The molecule has 1 unspecified atom stereocenters. The van der Waals surface area contributed by atoms with Crippen molar-refractivity contribution in [3.05, 3.63) is 33.4 Å². The van der Waals surface area contributed by atoms with Gasteiger partial charge in [0, 0.05) is 16.1 Å². The third-order valence-electron chi connectivity index (χ3n) is 1.97. The summed E-state index contributed by atoms with van der Waals surface area (Å²) in [6.07, 6.45) is 0. The number of benzene rings is 1. The molecule has 0 fully saturated rings. The van der Waals surface area contributed by atoms with Crippen LogP contribution in [0.25, 0.3) is 0 Å². The quantitative estimate of drug-likeness (QED) is 0.327. The molecule has 0 spiro atoms. The summed E-state index contributed by atoms with van der Waals surface area (Å²) in [5.41, 5.74) is 3.64. The minimum absolute atomic E-state index is 0.434. The van der Waals surface area contributed by atoms with Crippen molar-refractivity contribution in [3.63, 3.8) is 0 Å². The van der Waals surface area contributed by atoms with Gasteiger partial charge in [0.2, 0.25) is 0 Å². The number of halogens is 2. The van der Waals surface area contributed by atoms with Crippen molar-refractivity contribution in [2.24, 2.45) is 5.84 Å². The number of hydrogen-bond donors (Lipinski definition) is 2. The molecule has 1 aromatic rings. The van der Waals surface area contributed by atoms with Gasteiger partial charge in [0.15, 0.2) is 5.69 Å². The van der Waals surface area contributed by atoms with Crippen LogP contribution in [0.15, 0.2) is 22.7 Å². The number of fused-ring (bicyclic) bond motifs is 1. The van der Waals surface area contributed by atoms with Gasteiger partial charge in [-0.1, -0.05) is 27.5 Å². The van der Waals surface area contributed by atoms with E-state index in [1.165, 1.54) is 0 Å². The third kappa shape index (κ3) is 1.78. The van der Waals surface area contributed by atoms with Gasteiger partial charge in [-0.05, 0) is 17.8 Å². The monoisotopic (exact) mass is 278 g/mol. The van der Waals surface area contributed by atoms with Gasteiger partial charge in [-0.3, -0.25) is 0 Å². The second kappa shape index (κ2) is 3.42. The lowest BCUT2D eigenvalue weighted by Crippen LogP contribution is -2.66. The molecule has 0 bridgehead atoms. The maximum atomic E-state index is 11.8. The van der Waals surface area contributed by atoms with Gasteiger partial charge in [0.25, 0.3) is 0 Å². The molecule has 1 aliphatic rings. The van der Waals surface area contributed by atoms with E-state index in [9.17, 15) is 5.21 Å². The first kappa shape index (κ1) is 10.3. The molecular weight excluding hydrogens is 271 g/mol. The van der Waals surface area contributed by atoms with Crippen LogP contribution < -0.4 is 16.2 Å². The number of hydrazine groups is 1. The van der Waals surface area contributed by atoms with Crippen molar-refractivity contribution < 1.29 is 0 Å². The van der Waals surface area contributed by atoms with Crippen LogP contribution in [0.1, 0.15) is 5.56 Å². The number of nitrogens with one attached hydrogen (secondary N) is 1. The Balaban J connectivity index is 2.53. The van der Waals surface area contributed by atoms with Crippen LogP contribution in [-0.2, 0) is 6.54 Å². The standard InChI is InChI=1S/C7H8BrClN4O/c8-6-2-1-5-4-12(9)11-13(10,14)7(5)3-6/h1-3,11H,4,10H2. The number of rotatable bonds is 0. The molecule has 0 aliphatic carbocycles. The number of quaternary nitrogens is 1. The molecule has 76 valence electrons. The zero-order chi connectivity index (χ0) is 10.3. The lowest BCUT2D eigenvalue weighted by Gasteiger charge is -2.41. The number of hydrogen-bond acceptors (Lipinski definition) is 4. The lowest BCUT2D eigenvalue weighted by atomic mass is 10.1.